The summed E-state index contributed by atoms with van der Waals surface area (Å²) in [5.41, 5.74) is -1.29. The molecule has 0 saturated heterocycles. The summed E-state index contributed by atoms with van der Waals surface area (Å²) in [6, 6.07) is 0.333. The van der Waals surface area contributed by atoms with E-state index in [1.807, 2.05) is 5.32 Å². The van der Waals surface area contributed by atoms with Gasteiger partial charge < -0.3 is 30.1 Å². The summed E-state index contributed by atoms with van der Waals surface area (Å²) in [4.78, 5) is 26.7. The van der Waals surface area contributed by atoms with Crippen LogP contribution in [0, 0.1) is 11.6 Å². The van der Waals surface area contributed by atoms with Gasteiger partial charge in [-0.3, -0.25) is 4.79 Å². The summed E-state index contributed by atoms with van der Waals surface area (Å²) in [7, 11) is 2.30. The van der Waals surface area contributed by atoms with Gasteiger partial charge in [0.2, 0.25) is 0 Å². The summed E-state index contributed by atoms with van der Waals surface area (Å²) in [6.07, 6.45) is -10.8. The van der Waals surface area contributed by atoms with Crippen molar-refractivity contribution in [1.82, 2.24) is 10.2 Å². The van der Waals surface area contributed by atoms with Crippen molar-refractivity contribution in [3.05, 3.63) is 81.1 Å². The van der Waals surface area contributed by atoms with Gasteiger partial charge in [-0.05, 0) is 53.3 Å². The number of fused-ring (bicyclic) bond motifs is 1. The minimum absolute atomic E-state index is 0.00201. The first-order valence-corrected chi connectivity index (χ1v) is 14.2. The van der Waals surface area contributed by atoms with Gasteiger partial charge in [0, 0.05) is 30.9 Å². The van der Waals surface area contributed by atoms with Crippen LogP contribution in [0.1, 0.15) is 52.9 Å². The Kier molecular flexibility index (Phi) is 10.3. The lowest BCUT2D eigenvalue weighted by molar-refractivity contribution is -0.143. The minimum Gasteiger partial charge on any atom is -0.467 e. The predicted molar refractivity (Wildman–Crippen MR) is 153 cm³/mol. The molecule has 8 nitrogen and oxygen atoms in total. The molecule has 3 atom stereocenters. The van der Waals surface area contributed by atoms with Gasteiger partial charge in [0.1, 0.15) is 29.3 Å². The van der Waals surface area contributed by atoms with Crippen molar-refractivity contribution in [2.75, 3.05) is 19.5 Å². The van der Waals surface area contributed by atoms with Crippen LogP contribution in [0.15, 0.2) is 41.6 Å². The SMILES string of the molecule is CC[C@@H](Nc1cc(F)c(C(=O)N[C@@H](Cc2ccc(C3=C(C)C(C(F)(F)F)=CN(C)C3O)c3c2COC3)C(=O)OC)c(F)c1)C(F)(F)F. The number of anilines is 1. The van der Waals surface area contributed by atoms with Gasteiger partial charge >= 0.3 is 18.3 Å². The topological polar surface area (TPSA) is 100 Å². The summed E-state index contributed by atoms with van der Waals surface area (Å²) in [5.74, 6) is -5.38. The lowest BCUT2D eigenvalue weighted by Gasteiger charge is -2.34. The van der Waals surface area contributed by atoms with E-state index in [1.165, 1.54) is 33.0 Å². The zero-order valence-electron chi connectivity index (χ0n) is 25.5. The molecule has 2 aliphatic heterocycles. The highest BCUT2D eigenvalue weighted by molar-refractivity contribution is 5.97. The van der Waals surface area contributed by atoms with E-state index in [9.17, 15) is 49.8 Å². The Hall–Kier alpha value is -4.18. The molecule has 0 fully saturated rings. The highest BCUT2D eigenvalue weighted by Crippen LogP contribution is 2.43. The Morgan fingerprint density at radius 2 is 1.70 bits per heavy atom. The minimum atomic E-state index is -4.71. The molecule has 0 saturated carbocycles. The highest BCUT2D eigenvalue weighted by Gasteiger charge is 2.41. The third-order valence-electron chi connectivity index (χ3n) is 8.03. The molecule has 4 rings (SSSR count). The number of nitrogens with zero attached hydrogens (tertiary/aromatic N) is 1. The van der Waals surface area contributed by atoms with Crippen LogP contribution in [-0.4, -0.2) is 66.7 Å². The van der Waals surface area contributed by atoms with E-state index >= 15 is 0 Å². The molecular weight excluding hydrogens is 646 g/mol. The molecule has 0 spiro atoms. The standard InChI is InChI=1S/C31H31F8N3O5/c1-5-24(31(37,38)39)40-16-9-21(32)26(22(33)10-16)27(43)41-23(29(45)46-4)8-15-6-7-17(19-13-47-12-18(15)19)25-14(2)20(30(34,35)36)11-42(3)28(25)44/h6-7,9-11,23-24,28,40,44H,5,8,12-13H2,1-4H3,(H,41,43)/t23-,24+,28?/m0/s1. The molecule has 2 aromatic carbocycles. The van der Waals surface area contributed by atoms with E-state index in [-0.39, 0.29) is 36.3 Å². The number of aliphatic hydroxyl groups excluding tert-OH is 1. The molecule has 0 radical (unpaired) electrons. The van der Waals surface area contributed by atoms with E-state index < -0.39 is 77.4 Å². The summed E-state index contributed by atoms with van der Waals surface area (Å²) < 4.78 is 121. The first-order chi connectivity index (χ1) is 21.9. The first kappa shape index (κ1) is 35.7. The number of esters is 1. The number of likely N-dealkylation sites (N-methyl/N-ethyl adjacent to an activating group) is 1. The monoisotopic (exact) mass is 677 g/mol. The quantitative estimate of drug-likeness (QED) is 0.230. The van der Waals surface area contributed by atoms with Crippen molar-refractivity contribution < 1.29 is 59.3 Å². The summed E-state index contributed by atoms with van der Waals surface area (Å²) in [5, 5.41) is 15.0. The fourth-order valence-electron chi connectivity index (χ4n) is 5.60. The zero-order valence-corrected chi connectivity index (χ0v) is 25.5. The lowest BCUT2D eigenvalue weighted by Crippen LogP contribution is -2.43. The number of amides is 1. The molecule has 2 aliphatic rings. The molecule has 3 N–H and O–H groups in total. The van der Waals surface area contributed by atoms with Crippen molar-refractivity contribution in [3.8, 4) is 0 Å². The second kappa shape index (κ2) is 13.5. The number of ether oxygens (including phenoxy) is 2. The van der Waals surface area contributed by atoms with Crippen LogP contribution in [0.2, 0.25) is 0 Å². The fraction of sp³-hybridized carbons (Fsp3) is 0.419. The zero-order chi connectivity index (χ0) is 35.0. The highest BCUT2D eigenvalue weighted by atomic mass is 19.4. The normalized spacial score (nSPS) is 18.0. The second-order valence-electron chi connectivity index (χ2n) is 11.1. The summed E-state index contributed by atoms with van der Waals surface area (Å²) >= 11 is 0. The fourth-order valence-corrected chi connectivity index (χ4v) is 5.60. The summed E-state index contributed by atoms with van der Waals surface area (Å²) in [6.45, 7) is 2.38. The molecule has 2 heterocycles. The van der Waals surface area contributed by atoms with Gasteiger partial charge in [0.05, 0.1) is 25.9 Å². The van der Waals surface area contributed by atoms with Crippen LogP contribution in [0.25, 0.3) is 5.57 Å². The lowest BCUT2D eigenvalue weighted by atomic mass is 9.85. The molecular formula is C31H31F8N3O5. The van der Waals surface area contributed by atoms with Gasteiger partial charge in [0.25, 0.3) is 5.91 Å². The molecule has 0 aromatic heterocycles. The number of hydrogen-bond acceptors (Lipinski definition) is 7. The number of allylic oxidation sites excluding steroid dienone is 2. The van der Waals surface area contributed by atoms with Gasteiger partial charge in [0.15, 0.2) is 6.23 Å². The van der Waals surface area contributed by atoms with E-state index in [4.69, 9.17) is 9.47 Å². The maximum absolute atomic E-state index is 14.9. The number of carbonyl (C=O) groups is 2. The van der Waals surface area contributed by atoms with Gasteiger partial charge in [-0.2, -0.15) is 26.3 Å². The van der Waals surface area contributed by atoms with Gasteiger partial charge in [-0.25, -0.2) is 13.6 Å². The molecule has 0 bridgehead atoms. The van der Waals surface area contributed by atoms with E-state index in [0.717, 1.165) is 18.2 Å². The molecule has 1 amide bonds. The number of benzene rings is 2. The van der Waals surface area contributed by atoms with Gasteiger partial charge in [-0.15, -0.1) is 0 Å². The molecule has 16 heteroatoms. The van der Waals surface area contributed by atoms with Crippen LogP contribution in [0.5, 0.6) is 0 Å². The third kappa shape index (κ3) is 7.38. The van der Waals surface area contributed by atoms with Crippen molar-refractivity contribution in [3.63, 3.8) is 0 Å². The maximum Gasteiger partial charge on any atom is 0.418 e. The Labute approximate surface area is 264 Å². The first-order valence-electron chi connectivity index (χ1n) is 14.2. The van der Waals surface area contributed by atoms with Gasteiger partial charge in [-0.1, -0.05) is 19.1 Å². The van der Waals surface area contributed by atoms with Crippen LogP contribution in [0.4, 0.5) is 40.8 Å². The van der Waals surface area contributed by atoms with Crippen LogP contribution in [-0.2, 0) is 33.9 Å². The van der Waals surface area contributed by atoms with Crippen molar-refractivity contribution in [2.24, 2.45) is 0 Å². The Bertz CT molecular complexity index is 1600. The third-order valence-corrected chi connectivity index (χ3v) is 8.03. The van der Waals surface area contributed by atoms with Crippen LogP contribution in [0.3, 0.4) is 0 Å². The number of methoxy groups -OCH3 is 1. The van der Waals surface area contributed by atoms with Crippen LogP contribution >= 0.6 is 0 Å². The number of rotatable bonds is 9. The van der Waals surface area contributed by atoms with E-state index in [1.54, 1.807) is 0 Å². The Balaban J connectivity index is 1.64. The smallest absolute Gasteiger partial charge is 0.418 e. The number of halogens is 8. The number of nitrogens with one attached hydrogen (secondary N) is 2. The average molecular weight is 678 g/mol. The van der Waals surface area contributed by atoms with Crippen molar-refractivity contribution >= 4 is 23.1 Å². The Morgan fingerprint density at radius 3 is 2.26 bits per heavy atom. The molecule has 47 heavy (non-hydrogen) atoms. The van der Waals surface area contributed by atoms with Crippen molar-refractivity contribution in [1.29, 1.82) is 0 Å². The van der Waals surface area contributed by atoms with E-state index in [0.29, 0.717) is 28.8 Å². The molecule has 256 valence electrons. The maximum atomic E-state index is 14.9. The van der Waals surface area contributed by atoms with Crippen LogP contribution < -0.4 is 10.6 Å². The number of aliphatic hydroxyl groups is 1. The number of alkyl halides is 6. The number of carbonyl (C=O) groups excluding carboxylic acids is 2. The second-order valence-corrected chi connectivity index (χ2v) is 11.1. The largest absolute Gasteiger partial charge is 0.467 e. The Morgan fingerprint density at radius 1 is 1.09 bits per heavy atom. The van der Waals surface area contributed by atoms with E-state index in [2.05, 4.69) is 5.32 Å². The molecule has 2 aromatic rings. The number of hydrogen-bond donors (Lipinski definition) is 3. The molecule has 1 unspecified atom stereocenters. The van der Waals surface area contributed by atoms with Crippen molar-refractivity contribution in [2.45, 2.75) is 70.6 Å². The predicted octanol–water partition coefficient (Wildman–Crippen LogP) is 5.75. The average Bonchev–Trinajstić information content (AvgIpc) is 3.47. The molecule has 0 aliphatic carbocycles.